The molecule has 0 bridgehead atoms. The summed E-state index contributed by atoms with van der Waals surface area (Å²) in [5.74, 6) is -0.442. The van der Waals surface area contributed by atoms with E-state index in [2.05, 4.69) is 20.4 Å². The smallest absolute Gasteiger partial charge is 0.325 e. The average Bonchev–Trinajstić information content (AvgIpc) is 2.80. The Balaban J connectivity index is 2.07. The van der Waals surface area contributed by atoms with Gasteiger partial charge in [-0.2, -0.15) is 0 Å². The highest BCUT2D eigenvalue weighted by molar-refractivity contribution is 7.09. The molecule has 0 spiro atoms. The van der Waals surface area contributed by atoms with E-state index in [-0.39, 0.29) is 12.6 Å². The second-order valence-corrected chi connectivity index (χ2v) is 4.07. The molecule has 0 aromatic carbocycles. The summed E-state index contributed by atoms with van der Waals surface area (Å²) < 4.78 is 4.67. The zero-order valence-electron chi connectivity index (χ0n) is 9.56. The van der Waals surface area contributed by atoms with Crippen LogP contribution in [0.15, 0.2) is 11.6 Å². The molecular weight excluding hydrogens is 242 g/mol. The van der Waals surface area contributed by atoms with Gasteiger partial charge in [0.1, 0.15) is 6.54 Å². The minimum atomic E-state index is -0.442. The van der Waals surface area contributed by atoms with Gasteiger partial charge < -0.3 is 15.4 Å². The Kier molecular flexibility index (Phi) is 6.02. The zero-order valence-corrected chi connectivity index (χ0v) is 10.4. The third-order valence-electron chi connectivity index (χ3n) is 1.81. The molecule has 0 aliphatic rings. The van der Waals surface area contributed by atoms with Crippen molar-refractivity contribution in [2.45, 2.75) is 13.3 Å². The van der Waals surface area contributed by atoms with Crippen LogP contribution >= 0.6 is 11.3 Å². The number of thiazole rings is 1. The highest BCUT2D eigenvalue weighted by Crippen LogP contribution is 2.03. The molecule has 6 nitrogen and oxygen atoms in total. The Morgan fingerprint density at radius 2 is 2.29 bits per heavy atom. The van der Waals surface area contributed by atoms with Gasteiger partial charge in [0, 0.05) is 24.5 Å². The van der Waals surface area contributed by atoms with Crippen LogP contribution in [0.3, 0.4) is 0 Å². The van der Waals surface area contributed by atoms with Crippen LogP contribution in [0, 0.1) is 0 Å². The average molecular weight is 257 g/mol. The van der Waals surface area contributed by atoms with E-state index in [0.717, 1.165) is 5.01 Å². The molecule has 94 valence electrons. The van der Waals surface area contributed by atoms with E-state index in [9.17, 15) is 9.59 Å². The van der Waals surface area contributed by atoms with Crippen molar-refractivity contribution >= 4 is 23.3 Å². The van der Waals surface area contributed by atoms with Crippen molar-refractivity contribution in [3.63, 3.8) is 0 Å². The summed E-state index contributed by atoms with van der Waals surface area (Å²) in [5, 5.41) is 7.89. The monoisotopic (exact) mass is 257 g/mol. The maximum absolute atomic E-state index is 11.2. The van der Waals surface area contributed by atoms with E-state index < -0.39 is 5.97 Å². The van der Waals surface area contributed by atoms with Gasteiger partial charge in [0.25, 0.3) is 0 Å². The molecule has 1 aromatic heterocycles. The summed E-state index contributed by atoms with van der Waals surface area (Å²) in [7, 11) is 0. The van der Waals surface area contributed by atoms with Gasteiger partial charge in [-0.25, -0.2) is 9.78 Å². The molecule has 2 N–H and O–H groups in total. The summed E-state index contributed by atoms with van der Waals surface area (Å²) in [6.45, 7) is 2.40. The lowest BCUT2D eigenvalue weighted by Gasteiger charge is -2.06. The first kappa shape index (κ1) is 13.4. The Hall–Kier alpha value is -1.63. The van der Waals surface area contributed by atoms with Crippen LogP contribution in [0.5, 0.6) is 0 Å². The van der Waals surface area contributed by atoms with Gasteiger partial charge in [-0.15, -0.1) is 11.3 Å². The van der Waals surface area contributed by atoms with Gasteiger partial charge in [-0.1, -0.05) is 0 Å². The quantitative estimate of drug-likeness (QED) is 0.729. The van der Waals surface area contributed by atoms with Crippen molar-refractivity contribution in [1.82, 2.24) is 15.6 Å². The summed E-state index contributed by atoms with van der Waals surface area (Å²) in [6, 6.07) is -0.380. The highest BCUT2D eigenvalue weighted by Gasteiger charge is 2.05. The fourth-order valence-electron chi connectivity index (χ4n) is 1.09. The van der Waals surface area contributed by atoms with E-state index in [1.54, 1.807) is 24.5 Å². The third kappa shape index (κ3) is 5.86. The Labute approximate surface area is 103 Å². The number of rotatable bonds is 6. The first-order valence-electron chi connectivity index (χ1n) is 5.28. The number of carbonyl (C=O) groups is 2. The standard InChI is InChI=1S/C10H15N3O3S/c1-2-16-9(14)7-13-10(15)12-4-3-8-11-5-6-17-8/h5-6H,2-4,7H2,1H3,(H2,12,13,15). The van der Waals surface area contributed by atoms with Crippen LogP contribution in [0.25, 0.3) is 0 Å². The van der Waals surface area contributed by atoms with Gasteiger partial charge in [0.15, 0.2) is 0 Å². The number of carbonyl (C=O) groups excluding carboxylic acids is 2. The topological polar surface area (TPSA) is 80.3 Å². The number of nitrogens with one attached hydrogen (secondary N) is 2. The fraction of sp³-hybridized carbons (Fsp3) is 0.500. The predicted octanol–water partition coefficient (Wildman–Crippen LogP) is 0.548. The molecule has 1 heterocycles. The maximum atomic E-state index is 11.2. The minimum Gasteiger partial charge on any atom is -0.465 e. The summed E-state index contributed by atoms with van der Waals surface area (Å²) >= 11 is 1.54. The van der Waals surface area contributed by atoms with Crippen LogP contribution < -0.4 is 10.6 Å². The summed E-state index contributed by atoms with van der Waals surface area (Å²) in [6.07, 6.45) is 2.41. The second-order valence-electron chi connectivity index (χ2n) is 3.09. The number of urea groups is 1. The van der Waals surface area contributed by atoms with Crippen molar-refractivity contribution in [3.05, 3.63) is 16.6 Å². The first-order valence-corrected chi connectivity index (χ1v) is 6.16. The van der Waals surface area contributed by atoms with Crippen LogP contribution in [-0.2, 0) is 16.0 Å². The number of esters is 1. The van der Waals surface area contributed by atoms with Gasteiger partial charge in [0.2, 0.25) is 0 Å². The third-order valence-corrected chi connectivity index (χ3v) is 2.65. The lowest BCUT2D eigenvalue weighted by atomic mass is 10.4. The van der Waals surface area contributed by atoms with Crippen molar-refractivity contribution in [3.8, 4) is 0 Å². The molecule has 17 heavy (non-hydrogen) atoms. The molecule has 7 heteroatoms. The highest BCUT2D eigenvalue weighted by atomic mass is 32.1. The molecule has 1 rings (SSSR count). The Morgan fingerprint density at radius 3 is 2.94 bits per heavy atom. The van der Waals surface area contributed by atoms with E-state index in [1.165, 1.54) is 0 Å². The molecule has 0 fully saturated rings. The van der Waals surface area contributed by atoms with Crippen molar-refractivity contribution in [1.29, 1.82) is 0 Å². The number of amides is 2. The van der Waals surface area contributed by atoms with E-state index in [0.29, 0.717) is 19.6 Å². The second kappa shape index (κ2) is 7.61. The zero-order chi connectivity index (χ0) is 12.5. The van der Waals surface area contributed by atoms with Crippen LogP contribution in [0.1, 0.15) is 11.9 Å². The maximum Gasteiger partial charge on any atom is 0.325 e. The molecule has 1 aromatic rings. The summed E-state index contributed by atoms with van der Waals surface area (Å²) in [5.41, 5.74) is 0. The molecule has 0 saturated carbocycles. The molecule has 0 unspecified atom stereocenters. The van der Waals surface area contributed by atoms with Gasteiger partial charge in [-0.3, -0.25) is 4.79 Å². The first-order chi connectivity index (χ1) is 8.22. The van der Waals surface area contributed by atoms with Crippen molar-refractivity contribution < 1.29 is 14.3 Å². The number of hydrogen-bond donors (Lipinski definition) is 2. The molecule has 0 aliphatic heterocycles. The van der Waals surface area contributed by atoms with E-state index in [1.807, 2.05) is 5.38 Å². The number of nitrogens with zero attached hydrogens (tertiary/aromatic N) is 1. The van der Waals surface area contributed by atoms with E-state index >= 15 is 0 Å². The molecule has 2 amide bonds. The number of hydrogen-bond acceptors (Lipinski definition) is 5. The van der Waals surface area contributed by atoms with Crippen LogP contribution in [-0.4, -0.2) is 36.7 Å². The molecule has 0 atom stereocenters. The van der Waals surface area contributed by atoms with Crippen molar-refractivity contribution in [2.75, 3.05) is 19.7 Å². The Morgan fingerprint density at radius 1 is 1.47 bits per heavy atom. The minimum absolute atomic E-state index is 0.114. The SMILES string of the molecule is CCOC(=O)CNC(=O)NCCc1nccs1. The predicted molar refractivity (Wildman–Crippen MR) is 63.9 cm³/mol. The fourth-order valence-corrected chi connectivity index (χ4v) is 1.71. The van der Waals surface area contributed by atoms with Crippen LogP contribution in [0.2, 0.25) is 0 Å². The Bertz CT molecular complexity index is 354. The van der Waals surface area contributed by atoms with Gasteiger partial charge in [0.05, 0.1) is 11.6 Å². The van der Waals surface area contributed by atoms with E-state index in [4.69, 9.17) is 0 Å². The van der Waals surface area contributed by atoms with Gasteiger partial charge >= 0.3 is 12.0 Å². The molecule has 0 aliphatic carbocycles. The number of aromatic nitrogens is 1. The van der Waals surface area contributed by atoms with Crippen LogP contribution in [0.4, 0.5) is 4.79 Å². The normalized spacial score (nSPS) is 9.71. The van der Waals surface area contributed by atoms with Gasteiger partial charge in [-0.05, 0) is 6.92 Å². The molecular formula is C10H15N3O3S. The lowest BCUT2D eigenvalue weighted by Crippen LogP contribution is -2.39. The lowest BCUT2D eigenvalue weighted by molar-refractivity contribution is -0.141. The molecule has 0 saturated heterocycles. The summed E-state index contributed by atoms with van der Waals surface area (Å²) in [4.78, 5) is 26.3. The largest absolute Gasteiger partial charge is 0.465 e. The number of ether oxygens (including phenoxy) is 1. The van der Waals surface area contributed by atoms with Crippen molar-refractivity contribution in [2.24, 2.45) is 0 Å². The molecule has 0 radical (unpaired) electrons.